The molecule has 0 aromatic heterocycles. The van der Waals surface area contributed by atoms with Gasteiger partial charge in [0.15, 0.2) is 0 Å². The van der Waals surface area contributed by atoms with Crippen LogP contribution in [-0.2, 0) is 23.8 Å². The van der Waals surface area contributed by atoms with E-state index in [1.165, 1.54) is 7.11 Å². The zero-order valence-electron chi connectivity index (χ0n) is 13.5. The van der Waals surface area contributed by atoms with Crippen molar-refractivity contribution in [3.63, 3.8) is 0 Å². The quantitative estimate of drug-likeness (QED) is 0.577. The Morgan fingerprint density at radius 1 is 1.14 bits per heavy atom. The molecule has 0 heterocycles. The maximum Gasteiger partial charge on any atom is 0.408 e. The standard InChI is InChI=1S/C14H22N2O6/c1-14(2,3)22-13(19)16-10(12(18)21-5)8-9(6-7-15)11(17)20-4/h9-10H,6,8H2,1-5H3,(H,16,19)/t9-,10+/m1/s1. The number of hydrogen-bond donors (Lipinski definition) is 1. The van der Waals surface area contributed by atoms with Gasteiger partial charge >= 0.3 is 18.0 Å². The summed E-state index contributed by atoms with van der Waals surface area (Å²) < 4.78 is 14.2. The fraction of sp³-hybridized carbons (Fsp3) is 0.714. The van der Waals surface area contributed by atoms with Gasteiger partial charge in [0.25, 0.3) is 0 Å². The Kier molecular flexibility index (Phi) is 7.94. The van der Waals surface area contributed by atoms with Crippen molar-refractivity contribution in [1.82, 2.24) is 5.32 Å². The van der Waals surface area contributed by atoms with E-state index < -0.39 is 35.6 Å². The normalized spacial score (nSPS) is 13.3. The van der Waals surface area contributed by atoms with E-state index in [-0.39, 0.29) is 12.8 Å². The number of amides is 1. The van der Waals surface area contributed by atoms with Crippen LogP contribution in [0.1, 0.15) is 33.6 Å². The van der Waals surface area contributed by atoms with Crippen LogP contribution in [0.25, 0.3) is 0 Å². The number of nitrogens with zero attached hydrogens (tertiary/aromatic N) is 1. The molecule has 0 saturated carbocycles. The second-order valence-corrected chi connectivity index (χ2v) is 5.54. The van der Waals surface area contributed by atoms with E-state index in [1.807, 2.05) is 6.07 Å². The highest BCUT2D eigenvalue weighted by Crippen LogP contribution is 2.15. The van der Waals surface area contributed by atoms with Gasteiger partial charge in [-0.2, -0.15) is 5.26 Å². The van der Waals surface area contributed by atoms with Gasteiger partial charge in [0.2, 0.25) is 0 Å². The summed E-state index contributed by atoms with van der Waals surface area (Å²) >= 11 is 0. The number of hydrogen-bond acceptors (Lipinski definition) is 7. The Balaban J connectivity index is 4.98. The SMILES string of the molecule is COC(=O)[C@H](CC#N)C[C@H](NC(=O)OC(C)(C)C)C(=O)OC. The number of carbonyl (C=O) groups excluding carboxylic acids is 3. The molecule has 0 aliphatic rings. The minimum Gasteiger partial charge on any atom is -0.469 e. The molecule has 0 aliphatic heterocycles. The second-order valence-electron chi connectivity index (χ2n) is 5.54. The average molecular weight is 314 g/mol. The lowest BCUT2D eigenvalue weighted by Crippen LogP contribution is -2.45. The molecule has 22 heavy (non-hydrogen) atoms. The van der Waals surface area contributed by atoms with Gasteiger partial charge < -0.3 is 19.5 Å². The number of methoxy groups -OCH3 is 2. The molecule has 0 radical (unpaired) electrons. The zero-order valence-corrected chi connectivity index (χ0v) is 13.5. The molecule has 0 saturated heterocycles. The summed E-state index contributed by atoms with van der Waals surface area (Å²) in [6, 6.07) is 0.726. The summed E-state index contributed by atoms with van der Waals surface area (Å²) in [5.74, 6) is -2.23. The molecule has 0 bridgehead atoms. The highest BCUT2D eigenvalue weighted by atomic mass is 16.6. The smallest absolute Gasteiger partial charge is 0.408 e. The molecule has 2 atom stereocenters. The van der Waals surface area contributed by atoms with Crippen molar-refractivity contribution in [2.24, 2.45) is 5.92 Å². The molecular weight excluding hydrogens is 292 g/mol. The second kappa shape index (κ2) is 8.87. The van der Waals surface area contributed by atoms with Crippen molar-refractivity contribution in [2.45, 2.75) is 45.3 Å². The summed E-state index contributed by atoms with van der Waals surface area (Å²) in [5.41, 5.74) is -0.737. The summed E-state index contributed by atoms with van der Waals surface area (Å²) in [4.78, 5) is 35.1. The van der Waals surface area contributed by atoms with E-state index >= 15 is 0 Å². The van der Waals surface area contributed by atoms with Crippen molar-refractivity contribution < 1.29 is 28.6 Å². The molecule has 8 nitrogen and oxygen atoms in total. The van der Waals surface area contributed by atoms with Gasteiger partial charge in [-0.3, -0.25) is 4.79 Å². The monoisotopic (exact) mass is 314 g/mol. The molecule has 124 valence electrons. The zero-order chi connectivity index (χ0) is 17.3. The summed E-state index contributed by atoms with van der Waals surface area (Å²) in [6.45, 7) is 5.02. The molecular formula is C14H22N2O6. The van der Waals surface area contributed by atoms with Crippen LogP contribution in [0.2, 0.25) is 0 Å². The van der Waals surface area contributed by atoms with Crippen LogP contribution in [0.4, 0.5) is 4.79 Å². The fourth-order valence-corrected chi connectivity index (χ4v) is 1.63. The average Bonchev–Trinajstić information content (AvgIpc) is 2.42. The number of nitriles is 1. The van der Waals surface area contributed by atoms with Gasteiger partial charge in [-0.05, 0) is 27.2 Å². The number of ether oxygens (including phenoxy) is 3. The van der Waals surface area contributed by atoms with Gasteiger partial charge in [0, 0.05) is 6.42 Å². The third-order valence-corrected chi connectivity index (χ3v) is 2.57. The van der Waals surface area contributed by atoms with Gasteiger partial charge in [0.05, 0.1) is 26.2 Å². The number of esters is 2. The highest BCUT2D eigenvalue weighted by molar-refractivity contribution is 5.82. The van der Waals surface area contributed by atoms with E-state index in [2.05, 4.69) is 14.8 Å². The predicted octanol–water partition coefficient (Wildman–Crippen LogP) is 1.15. The fourth-order valence-electron chi connectivity index (χ4n) is 1.63. The van der Waals surface area contributed by atoms with Gasteiger partial charge in [-0.25, -0.2) is 9.59 Å². The number of carbonyl (C=O) groups is 3. The largest absolute Gasteiger partial charge is 0.469 e. The van der Waals surface area contributed by atoms with Gasteiger partial charge in [-0.15, -0.1) is 0 Å². The van der Waals surface area contributed by atoms with Crippen LogP contribution < -0.4 is 5.32 Å². The number of alkyl carbamates (subject to hydrolysis) is 1. The first-order chi connectivity index (χ1) is 10.1. The lowest BCUT2D eigenvalue weighted by molar-refractivity contribution is -0.148. The van der Waals surface area contributed by atoms with Crippen molar-refractivity contribution in [2.75, 3.05) is 14.2 Å². The summed E-state index contributed by atoms with van der Waals surface area (Å²) in [7, 11) is 2.34. The first-order valence-electron chi connectivity index (χ1n) is 6.66. The van der Waals surface area contributed by atoms with E-state index in [1.54, 1.807) is 20.8 Å². The van der Waals surface area contributed by atoms with E-state index in [0.717, 1.165) is 7.11 Å². The number of rotatable bonds is 6. The van der Waals surface area contributed by atoms with E-state index in [4.69, 9.17) is 10.00 Å². The van der Waals surface area contributed by atoms with Gasteiger partial charge in [-0.1, -0.05) is 0 Å². The molecule has 0 unspecified atom stereocenters. The molecule has 1 amide bonds. The summed E-state index contributed by atoms with van der Waals surface area (Å²) in [5, 5.41) is 11.1. The van der Waals surface area contributed by atoms with E-state index in [9.17, 15) is 14.4 Å². The maximum absolute atomic E-state index is 11.7. The number of nitrogens with one attached hydrogen (secondary N) is 1. The van der Waals surface area contributed by atoms with Crippen molar-refractivity contribution >= 4 is 18.0 Å². The summed E-state index contributed by atoms with van der Waals surface area (Å²) in [6.07, 6.45) is -1.08. The third-order valence-electron chi connectivity index (χ3n) is 2.57. The predicted molar refractivity (Wildman–Crippen MR) is 75.5 cm³/mol. The Labute approximate surface area is 129 Å². The first-order valence-corrected chi connectivity index (χ1v) is 6.66. The van der Waals surface area contributed by atoms with E-state index in [0.29, 0.717) is 0 Å². The van der Waals surface area contributed by atoms with Crippen LogP contribution in [0, 0.1) is 17.2 Å². The van der Waals surface area contributed by atoms with Crippen LogP contribution in [0.3, 0.4) is 0 Å². The minimum atomic E-state index is -1.11. The third kappa shape index (κ3) is 7.47. The van der Waals surface area contributed by atoms with Crippen LogP contribution in [0.15, 0.2) is 0 Å². The van der Waals surface area contributed by atoms with Crippen molar-refractivity contribution in [3.8, 4) is 6.07 Å². The molecule has 0 fully saturated rings. The van der Waals surface area contributed by atoms with Crippen LogP contribution >= 0.6 is 0 Å². The Morgan fingerprint density at radius 3 is 2.09 bits per heavy atom. The molecule has 8 heteroatoms. The molecule has 0 aliphatic carbocycles. The van der Waals surface area contributed by atoms with Crippen LogP contribution in [-0.4, -0.2) is 43.9 Å². The topological polar surface area (TPSA) is 115 Å². The lowest BCUT2D eigenvalue weighted by atomic mass is 9.97. The molecule has 0 rings (SSSR count). The van der Waals surface area contributed by atoms with Gasteiger partial charge in [0.1, 0.15) is 11.6 Å². The molecule has 0 aromatic rings. The Hall–Kier alpha value is -2.30. The first kappa shape index (κ1) is 19.7. The van der Waals surface area contributed by atoms with Crippen molar-refractivity contribution in [1.29, 1.82) is 5.26 Å². The van der Waals surface area contributed by atoms with Crippen LogP contribution in [0.5, 0.6) is 0 Å². The lowest BCUT2D eigenvalue weighted by Gasteiger charge is -2.23. The molecule has 0 aromatic carbocycles. The Bertz CT molecular complexity index is 449. The minimum absolute atomic E-state index is 0.119. The maximum atomic E-state index is 11.7. The molecule has 0 spiro atoms. The Morgan fingerprint density at radius 2 is 1.68 bits per heavy atom. The highest BCUT2D eigenvalue weighted by Gasteiger charge is 2.31. The molecule has 1 N–H and O–H groups in total. The van der Waals surface area contributed by atoms with Crippen molar-refractivity contribution in [3.05, 3.63) is 0 Å².